The van der Waals surface area contributed by atoms with Gasteiger partial charge in [0.15, 0.2) is 0 Å². The standard InChI is InChI=1S/C12H13N3O2/c13-7-11-2-1-10(8-14-11)9-3-5-15(6-4-9)12(16)17/h1-3,10H,4-6,8H2,(H,16,17). The third-order valence-electron chi connectivity index (χ3n) is 3.05. The highest BCUT2D eigenvalue weighted by Gasteiger charge is 2.21. The monoisotopic (exact) mass is 231 g/mol. The van der Waals surface area contributed by atoms with Gasteiger partial charge in [0.2, 0.25) is 0 Å². The van der Waals surface area contributed by atoms with E-state index in [1.807, 2.05) is 18.2 Å². The molecule has 0 aromatic carbocycles. The normalized spacial score (nSPS) is 23.7. The zero-order valence-corrected chi connectivity index (χ0v) is 9.33. The molecule has 88 valence electrons. The minimum absolute atomic E-state index is 0.225. The van der Waals surface area contributed by atoms with Gasteiger partial charge < -0.3 is 10.0 Å². The molecule has 5 heteroatoms. The number of allylic oxidation sites excluding steroid dienone is 1. The van der Waals surface area contributed by atoms with Crippen LogP contribution in [0.3, 0.4) is 0 Å². The topological polar surface area (TPSA) is 76.7 Å². The predicted molar refractivity (Wildman–Crippen MR) is 62.8 cm³/mol. The van der Waals surface area contributed by atoms with E-state index in [4.69, 9.17) is 10.4 Å². The van der Waals surface area contributed by atoms with E-state index in [1.165, 1.54) is 10.5 Å². The Labute approximate surface area is 99.4 Å². The maximum atomic E-state index is 10.7. The number of carboxylic acid groups (broad SMARTS) is 1. The fourth-order valence-corrected chi connectivity index (χ4v) is 2.03. The molecule has 1 amide bonds. The third-order valence-corrected chi connectivity index (χ3v) is 3.05. The van der Waals surface area contributed by atoms with Crippen molar-refractivity contribution in [1.82, 2.24) is 4.90 Å². The molecule has 2 rings (SSSR count). The molecule has 17 heavy (non-hydrogen) atoms. The van der Waals surface area contributed by atoms with E-state index in [0.29, 0.717) is 25.3 Å². The molecule has 0 radical (unpaired) electrons. The van der Waals surface area contributed by atoms with Gasteiger partial charge >= 0.3 is 6.09 Å². The number of rotatable bonds is 1. The van der Waals surface area contributed by atoms with E-state index in [0.717, 1.165) is 6.42 Å². The number of nitrogens with zero attached hydrogens (tertiary/aromatic N) is 3. The van der Waals surface area contributed by atoms with Crippen LogP contribution in [0.2, 0.25) is 0 Å². The fraction of sp³-hybridized carbons (Fsp3) is 0.417. The first-order valence-electron chi connectivity index (χ1n) is 5.50. The van der Waals surface area contributed by atoms with E-state index < -0.39 is 6.09 Å². The zero-order valence-electron chi connectivity index (χ0n) is 9.33. The van der Waals surface area contributed by atoms with Crippen LogP contribution in [0, 0.1) is 17.2 Å². The summed E-state index contributed by atoms with van der Waals surface area (Å²) in [5.41, 5.74) is 1.68. The summed E-state index contributed by atoms with van der Waals surface area (Å²) in [5.74, 6) is 0.225. The Hall–Kier alpha value is -2.09. The summed E-state index contributed by atoms with van der Waals surface area (Å²) in [6, 6.07) is 2.01. The van der Waals surface area contributed by atoms with Crippen LogP contribution in [-0.2, 0) is 0 Å². The van der Waals surface area contributed by atoms with Gasteiger partial charge in [-0.2, -0.15) is 5.26 Å². The van der Waals surface area contributed by atoms with Crippen LogP contribution >= 0.6 is 0 Å². The summed E-state index contributed by atoms with van der Waals surface area (Å²) in [7, 11) is 0. The highest BCUT2D eigenvalue weighted by atomic mass is 16.4. The van der Waals surface area contributed by atoms with Crippen molar-refractivity contribution >= 4 is 11.8 Å². The van der Waals surface area contributed by atoms with Crippen molar-refractivity contribution in [3.8, 4) is 6.07 Å². The van der Waals surface area contributed by atoms with Crippen molar-refractivity contribution in [2.24, 2.45) is 10.9 Å². The first kappa shape index (κ1) is 11.4. The van der Waals surface area contributed by atoms with Gasteiger partial charge in [-0.1, -0.05) is 17.7 Å². The first-order chi connectivity index (χ1) is 8.20. The SMILES string of the molecule is N#CC1=NCC(C2=CCN(C(=O)O)CC2)C=C1. The molecule has 2 aliphatic rings. The summed E-state index contributed by atoms with van der Waals surface area (Å²) in [4.78, 5) is 16.3. The molecular weight excluding hydrogens is 218 g/mol. The van der Waals surface area contributed by atoms with E-state index in [1.54, 1.807) is 6.08 Å². The van der Waals surface area contributed by atoms with Gasteiger partial charge in [-0.3, -0.25) is 4.99 Å². The van der Waals surface area contributed by atoms with Crippen molar-refractivity contribution < 1.29 is 9.90 Å². The van der Waals surface area contributed by atoms with E-state index in [2.05, 4.69) is 4.99 Å². The number of carbonyl (C=O) groups is 1. The van der Waals surface area contributed by atoms with Gasteiger partial charge in [-0.25, -0.2) is 4.79 Å². The van der Waals surface area contributed by atoms with Gasteiger partial charge in [0.05, 0.1) is 6.54 Å². The molecule has 0 saturated heterocycles. The number of nitriles is 1. The lowest BCUT2D eigenvalue weighted by Crippen LogP contribution is -2.34. The number of amides is 1. The van der Waals surface area contributed by atoms with Crippen molar-refractivity contribution in [3.05, 3.63) is 23.8 Å². The average molecular weight is 231 g/mol. The lowest BCUT2D eigenvalue weighted by atomic mass is 9.91. The summed E-state index contributed by atoms with van der Waals surface area (Å²) >= 11 is 0. The summed E-state index contributed by atoms with van der Waals surface area (Å²) in [6.45, 7) is 1.59. The van der Waals surface area contributed by atoms with E-state index >= 15 is 0 Å². The van der Waals surface area contributed by atoms with Gasteiger partial charge in [0.1, 0.15) is 11.8 Å². The molecule has 2 aliphatic heterocycles. The molecule has 0 aromatic rings. The number of dihydropyridines is 1. The third kappa shape index (κ3) is 2.53. The Morgan fingerprint density at radius 2 is 2.47 bits per heavy atom. The van der Waals surface area contributed by atoms with Crippen LogP contribution < -0.4 is 0 Å². The number of hydrogen-bond acceptors (Lipinski definition) is 3. The molecule has 1 atom stereocenters. The highest BCUT2D eigenvalue weighted by molar-refractivity contribution is 6.07. The predicted octanol–water partition coefficient (Wildman–Crippen LogP) is 1.45. The van der Waals surface area contributed by atoms with Crippen molar-refractivity contribution in [3.63, 3.8) is 0 Å². The van der Waals surface area contributed by atoms with Gasteiger partial charge in [-0.15, -0.1) is 0 Å². The molecule has 0 spiro atoms. The first-order valence-corrected chi connectivity index (χ1v) is 5.50. The molecule has 0 aromatic heterocycles. The second-order valence-electron chi connectivity index (χ2n) is 4.06. The number of hydrogen-bond donors (Lipinski definition) is 1. The average Bonchev–Trinajstić information content (AvgIpc) is 2.39. The Bertz CT molecular complexity index is 457. The second kappa shape index (κ2) is 4.83. The van der Waals surface area contributed by atoms with Crippen molar-refractivity contribution in [2.45, 2.75) is 6.42 Å². The van der Waals surface area contributed by atoms with Crippen LogP contribution in [0.1, 0.15) is 6.42 Å². The largest absolute Gasteiger partial charge is 0.465 e. The van der Waals surface area contributed by atoms with Crippen LogP contribution in [-0.4, -0.2) is 41.4 Å². The maximum Gasteiger partial charge on any atom is 0.407 e. The van der Waals surface area contributed by atoms with Crippen LogP contribution in [0.4, 0.5) is 4.79 Å². The van der Waals surface area contributed by atoms with Crippen molar-refractivity contribution in [1.29, 1.82) is 5.26 Å². The molecule has 5 nitrogen and oxygen atoms in total. The van der Waals surface area contributed by atoms with Crippen LogP contribution in [0.15, 0.2) is 28.8 Å². The summed E-state index contributed by atoms with van der Waals surface area (Å²) in [6.07, 6.45) is 5.55. The Kier molecular flexibility index (Phi) is 3.24. The molecule has 0 fully saturated rings. The van der Waals surface area contributed by atoms with E-state index in [-0.39, 0.29) is 5.92 Å². The molecule has 0 aliphatic carbocycles. The molecule has 0 saturated carbocycles. The quantitative estimate of drug-likeness (QED) is 0.694. The van der Waals surface area contributed by atoms with Gasteiger partial charge in [-0.05, 0) is 12.5 Å². The van der Waals surface area contributed by atoms with Crippen molar-refractivity contribution in [2.75, 3.05) is 19.6 Å². The molecule has 1 unspecified atom stereocenters. The Balaban J connectivity index is 1.99. The Morgan fingerprint density at radius 3 is 2.94 bits per heavy atom. The minimum atomic E-state index is -0.871. The van der Waals surface area contributed by atoms with Crippen LogP contribution in [0.25, 0.3) is 0 Å². The lowest BCUT2D eigenvalue weighted by Gasteiger charge is -2.27. The summed E-state index contributed by atoms with van der Waals surface area (Å²) in [5, 5.41) is 17.5. The number of aliphatic imine (C=N–C) groups is 1. The summed E-state index contributed by atoms with van der Waals surface area (Å²) < 4.78 is 0. The zero-order chi connectivity index (χ0) is 12.3. The lowest BCUT2D eigenvalue weighted by molar-refractivity contribution is 0.148. The molecule has 2 heterocycles. The maximum absolute atomic E-state index is 10.7. The second-order valence-corrected chi connectivity index (χ2v) is 4.06. The smallest absolute Gasteiger partial charge is 0.407 e. The van der Waals surface area contributed by atoms with Gasteiger partial charge in [0, 0.05) is 19.0 Å². The van der Waals surface area contributed by atoms with Gasteiger partial charge in [0.25, 0.3) is 0 Å². The Morgan fingerprint density at radius 1 is 1.65 bits per heavy atom. The molecule has 1 N–H and O–H groups in total. The van der Waals surface area contributed by atoms with E-state index in [9.17, 15) is 4.79 Å². The molecular formula is C12H13N3O2. The fourth-order valence-electron chi connectivity index (χ4n) is 2.03. The minimum Gasteiger partial charge on any atom is -0.465 e. The van der Waals surface area contributed by atoms with Crippen LogP contribution in [0.5, 0.6) is 0 Å². The highest BCUT2D eigenvalue weighted by Crippen LogP contribution is 2.23. The molecule has 0 bridgehead atoms.